The molecular formula is C15H23N5O2. The zero-order chi connectivity index (χ0) is 15.4. The molecule has 0 bridgehead atoms. The third kappa shape index (κ3) is 3.36. The monoisotopic (exact) mass is 305 g/mol. The standard InChI is InChI=1S/C15H23N5O2/c16-9-12-5-6-13(22-12)15(21)17-10-11-3-2-8-20(11)14-4-1-7-18-19-14/h1,4,7,11-13H,2-3,5-6,8-10,16H2,(H,17,21)/t11?,12-,13+/m1/s1. The van der Waals surface area contributed by atoms with Crippen LogP contribution >= 0.6 is 0 Å². The average Bonchev–Trinajstić information content (AvgIpc) is 3.22. The van der Waals surface area contributed by atoms with Gasteiger partial charge in [-0.25, -0.2) is 0 Å². The molecule has 0 aromatic carbocycles. The van der Waals surface area contributed by atoms with Gasteiger partial charge in [0.25, 0.3) is 0 Å². The van der Waals surface area contributed by atoms with Crippen LogP contribution in [0.25, 0.3) is 0 Å². The van der Waals surface area contributed by atoms with Crippen molar-refractivity contribution in [1.29, 1.82) is 0 Å². The van der Waals surface area contributed by atoms with Crippen LogP contribution in [-0.4, -0.2) is 54.0 Å². The Kier molecular flexibility index (Phi) is 4.84. The number of ether oxygens (including phenoxy) is 1. The first-order valence-corrected chi connectivity index (χ1v) is 7.95. The van der Waals surface area contributed by atoms with Gasteiger partial charge in [-0.2, -0.15) is 5.10 Å². The van der Waals surface area contributed by atoms with Crippen molar-refractivity contribution >= 4 is 11.7 Å². The van der Waals surface area contributed by atoms with E-state index in [9.17, 15) is 4.79 Å². The first-order chi connectivity index (χ1) is 10.8. The van der Waals surface area contributed by atoms with Gasteiger partial charge in [-0.15, -0.1) is 5.10 Å². The molecule has 0 radical (unpaired) electrons. The van der Waals surface area contributed by atoms with E-state index in [0.29, 0.717) is 13.1 Å². The summed E-state index contributed by atoms with van der Waals surface area (Å²) in [6, 6.07) is 4.11. The van der Waals surface area contributed by atoms with Gasteiger partial charge in [-0.3, -0.25) is 4.79 Å². The van der Waals surface area contributed by atoms with E-state index in [1.54, 1.807) is 6.20 Å². The van der Waals surface area contributed by atoms with Crippen LogP contribution in [0, 0.1) is 0 Å². The molecule has 1 aromatic rings. The van der Waals surface area contributed by atoms with Gasteiger partial charge < -0.3 is 20.7 Å². The van der Waals surface area contributed by atoms with Crippen molar-refractivity contribution in [1.82, 2.24) is 15.5 Å². The molecule has 120 valence electrons. The molecule has 1 unspecified atom stereocenters. The summed E-state index contributed by atoms with van der Waals surface area (Å²) >= 11 is 0. The fourth-order valence-electron chi connectivity index (χ4n) is 3.20. The molecule has 2 saturated heterocycles. The minimum atomic E-state index is -0.347. The third-order valence-corrected chi connectivity index (χ3v) is 4.40. The molecule has 7 heteroatoms. The van der Waals surface area contributed by atoms with Crippen molar-refractivity contribution in [2.75, 3.05) is 24.5 Å². The van der Waals surface area contributed by atoms with E-state index in [4.69, 9.17) is 10.5 Å². The second kappa shape index (κ2) is 7.02. The number of carbonyl (C=O) groups excluding carboxylic acids is 1. The second-order valence-electron chi connectivity index (χ2n) is 5.88. The van der Waals surface area contributed by atoms with Crippen LogP contribution < -0.4 is 16.0 Å². The topological polar surface area (TPSA) is 93.4 Å². The first-order valence-electron chi connectivity index (χ1n) is 7.95. The van der Waals surface area contributed by atoms with Gasteiger partial charge >= 0.3 is 0 Å². The average molecular weight is 305 g/mol. The molecule has 2 fully saturated rings. The van der Waals surface area contributed by atoms with Crippen LogP contribution in [0.1, 0.15) is 25.7 Å². The normalized spacial score (nSPS) is 28.0. The first kappa shape index (κ1) is 15.2. The van der Waals surface area contributed by atoms with E-state index >= 15 is 0 Å². The Morgan fingerprint density at radius 1 is 1.45 bits per heavy atom. The number of rotatable bonds is 5. The summed E-state index contributed by atoms with van der Waals surface area (Å²) in [5.74, 6) is 0.849. The molecule has 0 spiro atoms. The maximum Gasteiger partial charge on any atom is 0.249 e. The van der Waals surface area contributed by atoms with Gasteiger partial charge in [0.15, 0.2) is 5.82 Å². The molecule has 22 heavy (non-hydrogen) atoms. The van der Waals surface area contributed by atoms with E-state index in [2.05, 4.69) is 20.4 Å². The van der Waals surface area contributed by atoms with Gasteiger partial charge in [0.1, 0.15) is 6.10 Å². The lowest BCUT2D eigenvalue weighted by atomic mass is 10.1. The van der Waals surface area contributed by atoms with Crippen molar-refractivity contribution in [3.05, 3.63) is 18.3 Å². The Balaban J connectivity index is 1.51. The van der Waals surface area contributed by atoms with E-state index in [-0.39, 0.29) is 24.2 Å². The Labute approximate surface area is 130 Å². The van der Waals surface area contributed by atoms with E-state index in [0.717, 1.165) is 38.0 Å². The van der Waals surface area contributed by atoms with E-state index in [1.807, 2.05) is 12.1 Å². The molecule has 3 atom stereocenters. The second-order valence-corrected chi connectivity index (χ2v) is 5.88. The lowest BCUT2D eigenvalue weighted by Gasteiger charge is -2.25. The summed E-state index contributed by atoms with van der Waals surface area (Å²) in [6.45, 7) is 2.05. The molecule has 3 rings (SSSR count). The lowest BCUT2D eigenvalue weighted by Crippen LogP contribution is -2.44. The van der Waals surface area contributed by atoms with Gasteiger partial charge in [0.2, 0.25) is 5.91 Å². The SMILES string of the molecule is NC[C@H]1CC[C@@H](C(=O)NCC2CCCN2c2cccnn2)O1. The largest absolute Gasteiger partial charge is 0.364 e. The number of carbonyl (C=O) groups is 1. The summed E-state index contributed by atoms with van der Waals surface area (Å²) in [7, 11) is 0. The van der Waals surface area contributed by atoms with E-state index in [1.165, 1.54) is 0 Å². The van der Waals surface area contributed by atoms with Crippen LogP contribution in [0.2, 0.25) is 0 Å². The number of anilines is 1. The molecular weight excluding hydrogens is 282 g/mol. The fourth-order valence-corrected chi connectivity index (χ4v) is 3.20. The molecule has 1 aromatic heterocycles. The molecule has 7 nitrogen and oxygen atoms in total. The maximum absolute atomic E-state index is 12.2. The summed E-state index contributed by atoms with van der Waals surface area (Å²) < 4.78 is 5.63. The molecule has 1 amide bonds. The van der Waals surface area contributed by atoms with Gasteiger partial charge in [0, 0.05) is 31.9 Å². The van der Waals surface area contributed by atoms with Crippen LogP contribution in [0.5, 0.6) is 0 Å². The molecule has 2 aliphatic heterocycles. The predicted octanol–water partition coefficient (Wildman–Crippen LogP) is 0.0679. The van der Waals surface area contributed by atoms with Gasteiger partial charge in [0.05, 0.1) is 6.10 Å². The van der Waals surface area contributed by atoms with E-state index < -0.39 is 0 Å². The lowest BCUT2D eigenvalue weighted by molar-refractivity contribution is -0.131. The number of amides is 1. The Morgan fingerprint density at radius 3 is 3.09 bits per heavy atom. The van der Waals surface area contributed by atoms with Gasteiger partial charge in [-0.1, -0.05) is 0 Å². The Morgan fingerprint density at radius 2 is 2.36 bits per heavy atom. The smallest absolute Gasteiger partial charge is 0.249 e. The zero-order valence-corrected chi connectivity index (χ0v) is 12.6. The van der Waals surface area contributed by atoms with Crippen LogP contribution in [0.3, 0.4) is 0 Å². The minimum Gasteiger partial charge on any atom is -0.364 e. The van der Waals surface area contributed by atoms with Crippen LogP contribution in [0.4, 0.5) is 5.82 Å². The highest BCUT2D eigenvalue weighted by atomic mass is 16.5. The Hall–Kier alpha value is -1.73. The molecule has 0 aliphatic carbocycles. The molecule has 0 saturated carbocycles. The number of hydrogen-bond acceptors (Lipinski definition) is 6. The number of aromatic nitrogens is 2. The third-order valence-electron chi connectivity index (χ3n) is 4.40. The molecule has 3 N–H and O–H groups in total. The fraction of sp³-hybridized carbons (Fsp3) is 0.667. The number of nitrogens with zero attached hydrogens (tertiary/aromatic N) is 3. The number of nitrogens with one attached hydrogen (secondary N) is 1. The van der Waals surface area contributed by atoms with Crippen molar-refractivity contribution in [2.45, 2.75) is 43.9 Å². The van der Waals surface area contributed by atoms with Gasteiger partial charge in [-0.05, 0) is 37.8 Å². The quantitative estimate of drug-likeness (QED) is 0.799. The van der Waals surface area contributed by atoms with Crippen molar-refractivity contribution in [3.8, 4) is 0 Å². The maximum atomic E-state index is 12.2. The molecule has 2 aliphatic rings. The van der Waals surface area contributed by atoms with Crippen LogP contribution in [0.15, 0.2) is 18.3 Å². The molecule has 3 heterocycles. The zero-order valence-electron chi connectivity index (χ0n) is 12.6. The van der Waals surface area contributed by atoms with Crippen molar-refractivity contribution < 1.29 is 9.53 Å². The summed E-state index contributed by atoms with van der Waals surface area (Å²) in [5.41, 5.74) is 5.58. The highest BCUT2D eigenvalue weighted by Crippen LogP contribution is 2.23. The summed E-state index contributed by atoms with van der Waals surface area (Å²) in [5, 5.41) is 11.1. The van der Waals surface area contributed by atoms with Crippen molar-refractivity contribution in [2.24, 2.45) is 5.73 Å². The predicted molar refractivity (Wildman–Crippen MR) is 82.4 cm³/mol. The minimum absolute atomic E-state index is 0.0260. The highest BCUT2D eigenvalue weighted by Gasteiger charge is 2.31. The number of nitrogens with two attached hydrogens (primary N) is 1. The summed E-state index contributed by atoms with van der Waals surface area (Å²) in [6.07, 6.45) is 5.12. The van der Waals surface area contributed by atoms with Crippen LogP contribution in [-0.2, 0) is 9.53 Å². The number of hydrogen-bond donors (Lipinski definition) is 2. The van der Waals surface area contributed by atoms with Crippen molar-refractivity contribution in [3.63, 3.8) is 0 Å². The highest BCUT2D eigenvalue weighted by molar-refractivity contribution is 5.81. The Bertz CT molecular complexity index is 498. The summed E-state index contributed by atoms with van der Waals surface area (Å²) in [4.78, 5) is 14.4.